The third kappa shape index (κ3) is 6.87. The third-order valence-electron chi connectivity index (χ3n) is 9.10. The molecule has 9 heteroatoms. The number of aryl methyl sites for hydroxylation is 1. The molecule has 0 radical (unpaired) electrons. The van der Waals surface area contributed by atoms with Gasteiger partial charge in [-0.05, 0) is 61.3 Å². The Hall–Kier alpha value is -4.34. The summed E-state index contributed by atoms with van der Waals surface area (Å²) in [6.45, 7) is 14.2. The number of esters is 1. The van der Waals surface area contributed by atoms with Crippen LogP contribution in [0.5, 0.6) is 0 Å². The molecule has 47 heavy (non-hydrogen) atoms. The molecule has 3 aromatic carbocycles. The van der Waals surface area contributed by atoms with Crippen LogP contribution in [-0.4, -0.2) is 51.6 Å². The van der Waals surface area contributed by atoms with Gasteiger partial charge in [0.05, 0.1) is 30.3 Å². The fourth-order valence-electron chi connectivity index (χ4n) is 5.48. The lowest BCUT2D eigenvalue weighted by Crippen LogP contribution is -2.46. The monoisotopic (exact) mass is 668 g/mol. The Balaban J connectivity index is 1.88. The van der Waals surface area contributed by atoms with Crippen molar-refractivity contribution >= 4 is 35.7 Å². The molecule has 0 spiro atoms. The van der Waals surface area contributed by atoms with Gasteiger partial charge in [-0.2, -0.15) is 0 Å². The molecular formula is C38H44N2O5SSi. The van der Waals surface area contributed by atoms with Gasteiger partial charge < -0.3 is 14.1 Å². The van der Waals surface area contributed by atoms with E-state index in [0.717, 1.165) is 28.0 Å². The van der Waals surface area contributed by atoms with Crippen LogP contribution < -0.4 is 0 Å². The zero-order valence-electron chi connectivity index (χ0n) is 28.4. The maximum absolute atomic E-state index is 14.6. The van der Waals surface area contributed by atoms with E-state index in [1.807, 2.05) is 85.5 Å². The number of nitrogens with zero attached hydrogens (tertiary/aromatic N) is 2. The van der Waals surface area contributed by atoms with Crippen molar-refractivity contribution in [2.45, 2.75) is 63.7 Å². The van der Waals surface area contributed by atoms with Crippen molar-refractivity contribution in [1.82, 2.24) is 9.21 Å². The molecule has 0 saturated heterocycles. The van der Waals surface area contributed by atoms with Crippen LogP contribution in [0.15, 0.2) is 125 Å². The summed E-state index contributed by atoms with van der Waals surface area (Å²) in [6.07, 6.45) is 5.77. The fourth-order valence-corrected chi connectivity index (χ4v) is 7.85. The molecule has 5 rings (SSSR count). The fraction of sp³-hybridized carbons (Fsp3) is 0.289. The van der Waals surface area contributed by atoms with E-state index in [1.165, 1.54) is 11.4 Å². The van der Waals surface area contributed by atoms with Crippen LogP contribution in [0, 0.1) is 6.92 Å². The minimum Gasteiger partial charge on any atom is -0.545 e. The van der Waals surface area contributed by atoms with Gasteiger partial charge in [-0.3, -0.25) is 4.31 Å². The molecule has 0 aliphatic carbocycles. The van der Waals surface area contributed by atoms with Crippen molar-refractivity contribution in [3.63, 3.8) is 0 Å². The summed E-state index contributed by atoms with van der Waals surface area (Å²) in [4.78, 5) is 16.3. The van der Waals surface area contributed by atoms with Crippen LogP contribution in [0.3, 0.4) is 0 Å². The van der Waals surface area contributed by atoms with Crippen molar-refractivity contribution < 1.29 is 22.4 Å². The van der Waals surface area contributed by atoms with Crippen LogP contribution in [0.2, 0.25) is 18.1 Å². The van der Waals surface area contributed by atoms with Crippen molar-refractivity contribution in [1.29, 1.82) is 0 Å². The third-order valence-corrected chi connectivity index (χ3v) is 15.2. The molecule has 0 amide bonds. The highest BCUT2D eigenvalue weighted by molar-refractivity contribution is 7.89. The highest BCUT2D eigenvalue weighted by atomic mass is 32.2. The predicted molar refractivity (Wildman–Crippen MR) is 191 cm³/mol. The van der Waals surface area contributed by atoms with Crippen LogP contribution in [0.1, 0.15) is 44.4 Å². The molecule has 2 aliphatic rings. The average molecular weight is 669 g/mol. The first-order valence-corrected chi connectivity index (χ1v) is 20.1. The Morgan fingerprint density at radius 1 is 0.851 bits per heavy atom. The molecule has 0 fully saturated rings. The summed E-state index contributed by atoms with van der Waals surface area (Å²) >= 11 is 0. The maximum atomic E-state index is 14.6. The number of methoxy groups -OCH3 is 1. The van der Waals surface area contributed by atoms with E-state index < -0.39 is 30.4 Å². The van der Waals surface area contributed by atoms with Crippen LogP contribution in [-0.2, 0) is 24.0 Å². The number of allylic oxidation sites excluding steroid dienone is 2. The first-order chi connectivity index (χ1) is 22.1. The number of fused-ring (bicyclic) bond motifs is 1. The predicted octanol–water partition coefficient (Wildman–Crippen LogP) is 8.12. The smallest absolute Gasteiger partial charge is 0.339 e. The van der Waals surface area contributed by atoms with Gasteiger partial charge >= 0.3 is 5.97 Å². The van der Waals surface area contributed by atoms with Crippen molar-refractivity contribution in [3.8, 4) is 0 Å². The quantitative estimate of drug-likeness (QED) is 0.187. The van der Waals surface area contributed by atoms with Crippen molar-refractivity contribution in [2.75, 3.05) is 13.7 Å². The van der Waals surface area contributed by atoms with Gasteiger partial charge in [-0.15, -0.1) is 0 Å². The van der Waals surface area contributed by atoms with Crippen LogP contribution in [0.4, 0.5) is 0 Å². The lowest BCUT2D eigenvalue weighted by molar-refractivity contribution is -0.136. The molecule has 1 unspecified atom stereocenters. The molecular weight excluding hydrogens is 625 g/mol. The number of rotatable bonds is 7. The molecule has 0 N–H and O–H groups in total. The molecule has 7 nitrogen and oxygen atoms in total. The Kier molecular flexibility index (Phi) is 9.44. The van der Waals surface area contributed by atoms with Gasteiger partial charge in [0.2, 0.25) is 8.32 Å². The van der Waals surface area contributed by atoms with E-state index in [0.29, 0.717) is 5.70 Å². The van der Waals surface area contributed by atoms with E-state index in [1.54, 1.807) is 30.5 Å². The van der Waals surface area contributed by atoms with E-state index in [-0.39, 0.29) is 27.8 Å². The molecule has 0 bridgehead atoms. The zero-order valence-corrected chi connectivity index (χ0v) is 30.3. The number of sulfonamides is 1. The highest BCUT2D eigenvalue weighted by Crippen LogP contribution is 2.44. The van der Waals surface area contributed by atoms with E-state index in [4.69, 9.17) is 9.16 Å². The summed E-state index contributed by atoms with van der Waals surface area (Å²) in [5.74, 6) is -0.287. The highest BCUT2D eigenvalue weighted by Gasteiger charge is 2.44. The number of ether oxygens (including phenoxy) is 1. The first-order valence-electron chi connectivity index (χ1n) is 15.7. The Morgan fingerprint density at radius 3 is 1.94 bits per heavy atom. The second kappa shape index (κ2) is 13.0. The number of carbonyl (C=O) groups is 1. The average Bonchev–Trinajstić information content (AvgIpc) is 3.02. The normalized spacial score (nSPS) is 20.2. The number of hydrogen-bond donors (Lipinski definition) is 0. The van der Waals surface area contributed by atoms with Gasteiger partial charge in [0.15, 0.2) is 0 Å². The van der Waals surface area contributed by atoms with Crippen LogP contribution >= 0.6 is 0 Å². The second-order valence-corrected chi connectivity index (χ2v) is 20.2. The molecule has 0 aromatic heterocycles. The molecule has 1 atom stereocenters. The summed E-state index contributed by atoms with van der Waals surface area (Å²) in [5.41, 5.74) is 5.29. The summed E-state index contributed by atoms with van der Waals surface area (Å²) < 4.78 is 43.0. The van der Waals surface area contributed by atoms with Gasteiger partial charge in [0, 0.05) is 11.9 Å². The standard InChI is InChI=1S/C38H44N2O5SSi/c1-27-19-21-31(22-20-27)46(42,43)39-25-34(30-17-13-10-14-18-30)40-32(29-15-11-9-12-16-29)23-28(2)24-33(40)36(37(41)44-6)35(26-39)45-47(7,8)38(3,4)5/h9-25,33H,26H2,1-8H3/b34-25-,36-35-. The lowest BCUT2D eigenvalue weighted by atomic mass is 9.92. The second-order valence-electron chi connectivity index (χ2n) is 13.6. The number of carbonyl (C=O) groups excluding carboxylic acids is 1. The Labute approximate surface area is 280 Å². The Morgan fingerprint density at radius 2 is 1.40 bits per heavy atom. The number of benzene rings is 3. The molecule has 2 aliphatic heterocycles. The SMILES string of the molecule is COC(=O)/C1=C(\O[Si](C)(C)C(C)(C)C)CN(S(=O)(=O)c2ccc(C)cc2)/C=C(/c2ccccc2)N2C(c3ccccc3)=CC(C)=CC12. The molecule has 3 aromatic rings. The van der Waals surface area contributed by atoms with Gasteiger partial charge in [-0.25, -0.2) is 13.2 Å². The number of hydrogen-bond acceptors (Lipinski definition) is 6. The summed E-state index contributed by atoms with van der Waals surface area (Å²) in [6, 6.07) is 25.7. The Bertz CT molecular complexity index is 1870. The van der Waals surface area contributed by atoms with Gasteiger partial charge in [-0.1, -0.05) is 111 Å². The molecule has 0 saturated carbocycles. The molecule has 2 heterocycles. The summed E-state index contributed by atoms with van der Waals surface area (Å²) in [7, 11) is -5.38. The van der Waals surface area contributed by atoms with E-state index >= 15 is 0 Å². The zero-order chi connectivity index (χ0) is 34.1. The topological polar surface area (TPSA) is 76.1 Å². The van der Waals surface area contributed by atoms with Crippen molar-refractivity contribution in [3.05, 3.63) is 137 Å². The largest absolute Gasteiger partial charge is 0.545 e. The van der Waals surface area contributed by atoms with Crippen molar-refractivity contribution in [2.24, 2.45) is 0 Å². The van der Waals surface area contributed by atoms with E-state index in [9.17, 15) is 13.2 Å². The van der Waals surface area contributed by atoms with Gasteiger partial charge in [0.1, 0.15) is 11.3 Å². The van der Waals surface area contributed by atoms with Gasteiger partial charge in [0.25, 0.3) is 10.0 Å². The summed E-state index contributed by atoms with van der Waals surface area (Å²) in [5, 5.41) is -0.234. The minimum absolute atomic E-state index is 0.142. The minimum atomic E-state index is -4.13. The molecule has 246 valence electrons. The maximum Gasteiger partial charge on any atom is 0.339 e. The lowest BCUT2D eigenvalue weighted by Gasteiger charge is -2.44. The van der Waals surface area contributed by atoms with E-state index in [2.05, 4.69) is 39.9 Å². The first kappa shape index (κ1) is 34.0. The van der Waals surface area contributed by atoms with Crippen LogP contribution in [0.25, 0.3) is 11.4 Å².